The average molecular weight is 425 g/mol. The highest BCUT2D eigenvalue weighted by Gasteiger charge is 2.28. The summed E-state index contributed by atoms with van der Waals surface area (Å²) in [5.74, 6) is 0.549. The smallest absolute Gasteiger partial charge is 0.237 e. The Morgan fingerprint density at radius 2 is 1.96 bits per heavy atom. The third kappa shape index (κ3) is 6.55. The molecule has 2 fully saturated rings. The number of hydrogen-bond acceptors (Lipinski definition) is 4. The van der Waals surface area contributed by atoms with E-state index < -0.39 is 6.10 Å². The van der Waals surface area contributed by atoms with E-state index in [4.69, 9.17) is 11.6 Å². The first kappa shape index (κ1) is 23.5. The van der Waals surface area contributed by atoms with Gasteiger partial charge in [-0.1, -0.05) is 29.8 Å². The van der Waals surface area contributed by atoms with Gasteiger partial charge >= 0.3 is 0 Å². The summed E-state index contributed by atoms with van der Waals surface area (Å²) in [5.41, 5.74) is 1.18. The van der Waals surface area contributed by atoms with Gasteiger partial charge < -0.3 is 15.7 Å². The Labute approximate surface area is 172 Å². The number of β-amino-alcohol motifs (C(OH)–C–C–N with tert-alkyl or cyclic N) is 1. The summed E-state index contributed by atoms with van der Waals surface area (Å²) >= 11 is 6.23. The Balaban J connectivity index is 0.00000169. The maximum Gasteiger partial charge on any atom is 0.237 e. The van der Waals surface area contributed by atoms with Crippen LogP contribution in [0.25, 0.3) is 0 Å². The van der Waals surface area contributed by atoms with E-state index in [9.17, 15) is 9.90 Å². The van der Waals surface area contributed by atoms with Crippen LogP contribution in [0.3, 0.4) is 0 Å². The summed E-state index contributed by atoms with van der Waals surface area (Å²) in [6.07, 6.45) is 2.30. The van der Waals surface area contributed by atoms with Crippen LogP contribution in [0, 0.1) is 5.92 Å². The molecule has 2 unspecified atom stereocenters. The molecule has 0 aromatic heterocycles. The molecule has 26 heavy (non-hydrogen) atoms. The van der Waals surface area contributed by atoms with Crippen molar-refractivity contribution >= 4 is 42.3 Å². The molecule has 2 heterocycles. The second kappa shape index (κ2) is 11.3. The summed E-state index contributed by atoms with van der Waals surface area (Å²) in [4.78, 5) is 14.5. The first-order valence-electron chi connectivity index (χ1n) is 8.76. The van der Waals surface area contributed by atoms with Crippen LogP contribution in [-0.4, -0.2) is 54.2 Å². The van der Waals surface area contributed by atoms with E-state index in [0.717, 1.165) is 44.0 Å². The second-order valence-electron chi connectivity index (χ2n) is 6.91. The molecule has 0 radical (unpaired) electrons. The molecule has 148 valence electrons. The van der Waals surface area contributed by atoms with Crippen molar-refractivity contribution in [2.45, 2.75) is 38.0 Å². The molecule has 1 amide bonds. The number of aliphatic hydroxyl groups is 1. The van der Waals surface area contributed by atoms with Crippen LogP contribution >= 0.6 is 36.4 Å². The van der Waals surface area contributed by atoms with Crippen molar-refractivity contribution < 1.29 is 9.90 Å². The van der Waals surface area contributed by atoms with Gasteiger partial charge in [-0.3, -0.25) is 9.69 Å². The molecule has 2 aliphatic heterocycles. The molecule has 1 aromatic carbocycles. The molecule has 0 aliphatic carbocycles. The van der Waals surface area contributed by atoms with Gasteiger partial charge in [0.05, 0.1) is 12.1 Å². The van der Waals surface area contributed by atoms with Crippen LogP contribution in [0.2, 0.25) is 5.02 Å². The Morgan fingerprint density at radius 1 is 1.27 bits per heavy atom. The minimum atomic E-state index is -0.395. The lowest BCUT2D eigenvalue weighted by Crippen LogP contribution is -2.44. The number of hydrogen-bond donors (Lipinski definition) is 3. The van der Waals surface area contributed by atoms with E-state index in [2.05, 4.69) is 21.6 Å². The van der Waals surface area contributed by atoms with Crippen molar-refractivity contribution in [2.24, 2.45) is 5.92 Å². The number of likely N-dealkylation sites (tertiary alicyclic amines) is 1. The second-order valence-corrected chi connectivity index (χ2v) is 7.31. The SMILES string of the molecule is Cl.Cl.O=C(NCC1CCN(Cc2ccccc2Cl)CC1)C1CC(O)CN1. The highest BCUT2D eigenvalue weighted by molar-refractivity contribution is 6.31. The van der Waals surface area contributed by atoms with E-state index in [1.807, 2.05) is 18.2 Å². The molecule has 5 nitrogen and oxygen atoms in total. The van der Waals surface area contributed by atoms with Crippen molar-refractivity contribution in [2.75, 3.05) is 26.2 Å². The van der Waals surface area contributed by atoms with Crippen LogP contribution in [0.1, 0.15) is 24.8 Å². The van der Waals surface area contributed by atoms with Gasteiger partial charge in [-0.15, -0.1) is 24.8 Å². The summed E-state index contributed by atoms with van der Waals surface area (Å²) < 4.78 is 0. The van der Waals surface area contributed by atoms with E-state index >= 15 is 0 Å². The number of nitrogens with zero attached hydrogens (tertiary/aromatic N) is 1. The number of amides is 1. The van der Waals surface area contributed by atoms with Crippen LogP contribution < -0.4 is 10.6 Å². The molecule has 0 bridgehead atoms. The molecule has 3 N–H and O–H groups in total. The third-order valence-electron chi connectivity index (χ3n) is 5.05. The van der Waals surface area contributed by atoms with Crippen molar-refractivity contribution in [3.05, 3.63) is 34.9 Å². The quantitative estimate of drug-likeness (QED) is 0.678. The highest BCUT2D eigenvalue weighted by atomic mass is 35.5. The standard InChI is InChI=1S/C18H26ClN3O2.2ClH/c19-16-4-2-1-3-14(16)12-22-7-5-13(6-8-22)10-21-18(24)17-9-15(23)11-20-17;;/h1-4,13,15,17,20,23H,5-12H2,(H,21,24);2*1H. The molecule has 2 atom stereocenters. The first-order chi connectivity index (χ1) is 11.6. The van der Waals surface area contributed by atoms with Crippen LogP contribution in [0.15, 0.2) is 24.3 Å². The number of nitrogens with one attached hydrogen (secondary N) is 2. The Kier molecular flexibility index (Phi) is 10.2. The number of piperidine rings is 1. The number of carbonyl (C=O) groups excluding carboxylic acids is 1. The minimum absolute atomic E-state index is 0. The minimum Gasteiger partial charge on any atom is -0.392 e. The zero-order chi connectivity index (χ0) is 16.9. The molecule has 0 saturated carbocycles. The molecule has 2 aliphatic rings. The average Bonchev–Trinajstić information content (AvgIpc) is 3.03. The van der Waals surface area contributed by atoms with Gasteiger partial charge in [-0.2, -0.15) is 0 Å². The van der Waals surface area contributed by atoms with Gasteiger partial charge in [-0.05, 0) is 49.9 Å². The van der Waals surface area contributed by atoms with Crippen molar-refractivity contribution in [3.8, 4) is 0 Å². The maximum atomic E-state index is 12.1. The molecule has 8 heteroatoms. The van der Waals surface area contributed by atoms with E-state index in [-0.39, 0.29) is 36.8 Å². The Morgan fingerprint density at radius 3 is 2.58 bits per heavy atom. The van der Waals surface area contributed by atoms with Gasteiger partial charge in [0.15, 0.2) is 0 Å². The topological polar surface area (TPSA) is 64.6 Å². The van der Waals surface area contributed by atoms with Gasteiger partial charge in [-0.25, -0.2) is 0 Å². The predicted octanol–water partition coefficient (Wildman–Crippen LogP) is 2.23. The zero-order valence-corrected chi connectivity index (χ0v) is 17.1. The van der Waals surface area contributed by atoms with E-state index in [1.54, 1.807) is 0 Å². The van der Waals surface area contributed by atoms with E-state index in [0.29, 0.717) is 18.9 Å². The number of aliphatic hydroxyl groups excluding tert-OH is 1. The monoisotopic (exact) mass is 423 g/mol. The predicted molar refractivity (Wildman–Crippen MR) is 109 cm³/mol. The molecule has 2 saturated heterocycles. The fourth-order valence-corrected chi connectivity index (χ4v) is 3.70. The summed E-state index contributed by atoms with van der Waals surface area (Å²) in [6.45, 7) is 4.20. The zero-order valence-electron chi connectivity index (χ0n) is 14.7. The number of benzene rings is 1. The Hall–Kier alpha value is -0.560. The Bertz CT molecular complexity index is 568. The molecule has 0 spiro atoms. The van der Waals surface area contributed by atoms with Crippen LogP contribution in [-0.2, 0) is 11.3 Å². The summed E-state index contributed by atoms with van der Waals surface area (Å²) in [7, 11) is 0. The van der Waals surface area contributed by atoms with Crippen LogP contribution in [0.5, 0.6) is 0 Å². The van der Waals surface area contributed by atoms with Crippen molar-refractivity contribution in [1.29, 1.82) is 0 Å². The fourth-order valence-electron chi connectivity index (χ4n) is 3.50. The number of rotatable bonds is 5. The lowest BCUT2D eigenvalue weighted by molar-refractivity contribution is -0.123. The lowest BCUT2D eigenvalue weighted by Gasteiger charge is -2.32. The molecule has 1 aromatic rings. The summed E-state index contributed by atoms with van der Waals surface area (Å²) in [5, 5.41) is 16.4. The third-order valence-corrected chi connectivity index (χ3v) is 5.42. The van der Waals surface area contributed by atoms with Crippen molar-refractivity contribution in [1.82, 2.24) is 15.5 Å². The fraction of sp³-hybridized carbons (Fsp3) is 0.611. The van der Waals surface area contributed by atoms with E-state index in [1.165, 1.54) is 5.56 Å². The maximum absolute atomic E-state index is 12.1. The highest BCUT2D eigenvalue weighted by Crippen LogP contribution is 2.22. The molecule has 3 rings (SSSR count). The van der Waals surface area contributed by atoms with Gasteiger partial charge in [0.25, 0.3) is 0 Å². The summed E-state index contributed by atoms with van der Waals surface area (Å²) in [6, 6.07) is 7.77. The van der Waals surface area contributed by atoms with Gasteiger partial charge in [0, 0.05) is 24.7 Å². The first-order valence-corrected chi connectivity index (χ1v) is 9.14. The molecular weight excluding hydrogens is 397 g/mol. The number of halogens is 3. The van der Waals surface area contributed by atoms with Gasteiger partial charge in [0.1, 0.15) is 0 Å². The van der Waals surface area contributed by atoms with Crippen molar-refractivity contribution in [3.63, 3.8) is 0 Å². The largest absolute Gasteiger partial charge is 0.392 e. The van der Waals surface area contributed by atoms with Crippen LogP contribution in [0.4, 0.5) is 0 Å². The molecular formula is C18H28Cl3N3O2. The number of carbonyl (C=O) groups is 1. The normalized spacial score (nSPS) is 23.8. The van der Waals surface area contributed by atoms with Gasteiger partial charge in [0.2, 0.25) is 5.91 Å². The lowest BCUT2D eigenvalue weighted by atomic mass is 9.96.